The average Bonchev–Trinajstić information content (AvgIpc) is 3.42. The summed E-state index contributed by atoms with van der Waals surface area (Å²) in [6, 6.07) is 13.3. The molecule has 1 saturated heterocycles. The van der Waals surface area contributed by atoms with Crippen LogP contribution in [0.4, 0.5) is 9.59 Å². The highest BCUT2D eigenvalue weighted by Crippen LogP contribution is 2.36. The van der Waals surface area contributed by atoms with Crippen LogP contribution in [-0.2, 0) is 50.7 Å². The van der Waals surface area contributed by atoms with E-state index in [0.29, 0.717) is 5.82 Å². The lowest BCUT2D eigenvalue weighted by atomic mass is 9.78. The van der Waals surface area contributed by atoms with Crippen LogP contribution in [0.1, 0.15) is 129 Å². The maximum atomic E-state index is 12.8. The number of alkyl carbamates (subject to hydrolysis) is 2. The molecule has 4 aromatic rings. The van der Waals surface area contributed by atoms with E-state index in [9.17, 15) is 19.2 Å². The van der Waals surface area contributed by atoms with Gasteiger partial charge in [-0.25, -0.2) is 39.1 Å². The van der Waals surface area contributed by atoms with E-state index < -0.39 is 76.9 Å². The van der Waals surface area contributed by atoms with Crippen molar-refractivity contribution in [3.8, 4) is 11.4 Å². The maximum absolute atomic E-state index is 12.8. The lowest BCUT2D eigenvalue weighted by Gasteiger charge is -2.32. The second-order valence-corrected chi connectivity index (χ2v) is 24.1. The van der Waals surface area contributed by atoms with Crippen molar-refractivity contribution in [2.45, 2.75) is 177 Å². The molecule has 0 bridgehead atoms. The van der Waals surface area contributed by atoms with Crippen molar-refractivity contribution in [1.82, 2.24) is 30.6 Å². The number of benzene rings is 2. The number of hydrogen-bond donors (Lipinski definition) is 2. The molecular formula is C51H72BBr2IN6O10. The highest BCUT2D eigenvalue weighted by molar-refractivity contribution is 14.1. The molecule has 1 aliphatic heterocycles. The highest BCUT2D eigenvalue weighted by Gasteiger charge is 2.51. The number of ether oxygens (including phenoxy) is 4. The van der Waals surface area contributed by atoms with Crippen molar-refractivity contribution in [2.75, 3.05) is 0 Å². The van der Waals surface area contributed by atoms with Crippen LogP contribution >= 0.6 is 54.5 Å². The number of carbonyl (C=O) groups is 4. The molecule has 2 N–H and O–H groups in total. The number of nitrogens with one attached hydrogen (secondary N) is 2. The molecule has 1 aliphatic rings. The Morgan fingerprint density at radius 2 is 0.901 bits per heavy atom. The van der Waals surface area contributed by atoms with Crippen molar-refractivity contribution in [3.05, 3.63) is 97.2 Å². The highest BCUT2D eigenvalue weighted by atomic mass is 127. The molecule has 0 spiro atoms. The van der Waals surface area contributed by atoms with Crippen molar-refractivity contribution < 1.29 is 47.4 Å². The quantitative estimate of drug-likeness (QED) is 0.0500. The molecule has 0 aliphatic carbocycles. The summed E-state index contributed by atoms with van der Waals surface area (Å²) in [7, 11) is -0.462. The van der Waals surface area contributed by atoms with Gasteiger partial charge in [-0.15, -0.1) is 0 Å². The molecule has 0 unspecified atom stereocenters. The van der Waals surface area contributed by atoms with Crippen molar-refractivity contribution in [2.24, 2.45) is 0 Å². The van der Waals surface area contributed by atoms with Crippen LogP contribution in [0, 0.1) is 3.83 Å². The van der Waals surface area contributed by atoms with Crippen LogP contribution in [0.15, 0.2) is 82.3 Å². The van der Waals surface area contributed by atoms with Crippen LogP contribution in [0.5, 0.6) is 0 Å². The van der Waals surface area contributed by atoms with E-state index in [4.69, 9.17) is 28.3 Å². The minimum Gasteiger partial charge on any atom is -0.458 e. The molecule has 1 fully saturated rings. The summed E-state index contributed by atoms with van der Waals surface area (Å²) in [6.45, 7) is 29.3. The van der Waals surface area contributed by atoms with Gasteiger partial charge in [0, 0.05) is 65.8 Å². The molecule has 5 rings (SSSR count). The van der Waals surface area contributed by atoms with Gasteiger partial charge in [0.25, 0.3) is 0 Å². The minimum absolute atomic E-state index is 0. The number of amides is 2. The summed E-state index contributed by atoms with van der Waals surface area (Å²) in [5, 5.41) is 5.28. The third kappa shape index (κ3) is 23.5. The van der Waals surface area contributed by atoms with Gasteiger partial charge in [0.2, 0.25) is 0 Å². The summed E-state index contributed by atoms with van der Waals surface area (Å²) in [5.74, 6) is -0.438. The first-order chi connectivity index (χ1) is 32.0. The second kappa shape index (κ2) is 26.1. The third-order valence-electron chi connectivity index (χ3n) is 9.57. The Morgan fingerprint density at radius 3 is 1.23 bits per heavy atom. The smallest absolute Gasteiger partial charge is 0.458 e. The van der Waals surface area contributed by atoms with E-state index in [0.717, 1.165) is 34.9 Å². The monoisotopic (exact) mass is 1220 g/mol. The summed E-state index contributed by atoms with van der Waals surface area (Å²) in [5.41, 5.74) is -0.0897. The van der Waals surface area contributed by atoms with E-state index in [1.165, 1.54) is 0 Å². The fourth-order valence-corrected chi connectivity index (χ4v) is 6.53. The van der Waals surface area contributed by atoms with Gasteiger partial charge in [-0.3, -0.25) is 0 Å². The van der Waals surface area contributed by atoms with E-state index in [1.807, 2.05) is 76.2 Å². The molecule has 2 aromatic carbocycles. The first-order valence-electron chi connectivity index (χ1n) is 22.6. The topological polar surface area (TPSA) is 199 Å². The van der Waals surface area contributed by atoms with Gasteiger partial charge in [-0.05, 0) is 159 Å². The Balaban J connectivity index is 0.000000415. The van der Waals surface area contributed by atoms with Crippen molar-refractivity contribution >= 4 is 91.2 Å². The first-order valence-corrected chi connectivity index (χ1v) is 25.3. The van der Waals surface area contributed by atoms with Crippen molar-refractivity contribution in [1.29, 1.82) is 0 Å². The molecular weight excluding hydrogens is 1150 g/mol. The summed E-state index contributed by atoms with van der Waals surface area (Å²) >= 11 is 8.59. The maximum Gasteiger partial charge on any atom is 0.494 e. The molecule has 0 radical (unpaired) electrons. The fourth-order valence-electron chi connectivity index (χ4n) is 5.84. The Morgan fingerprint density at radius 1 is 0.577 bits per heavy atom. The number of halogens is 3. The van der Waals surface area contributed by atoms with Gasteiger partial charge < -0.3 is 38.9 Å². The summed E-state index contributed by atoms with van der Waals surface area (Å²) in [4.78, 5) is 66.3. The van der Waals surface area contributed by atoms with Gasteiger partial charge in [0.15, 0.2) is 9.66 Å². The van der Waals surface area contributed by atoms with Crippen LogP contribution in [0.2, 0.25) is 0 Å². The molecule has 3 heterocycles. The predicted molar refractivity (Wildman–Crippen MR) is 292 cm³/mol. The van der Waals surface area contributed by atoms with E-state index in [1.54, 1.807) is 108 Å². The van der Waals surface area contributed by atoms with Crippen LogP contribution in [-0.4, -0.2) is 96.9 Å². The van der Waals surface area contributed by atoms with Crippen LogP contribution in [0.3, 0.4) is 0 Å². The number of aromatic nitrogens is 4. The SMILES string of the molecule is Brc1cnc(I)nc1.C.CC(C)(C)OC(=O)N[C@@H](Cc1ccc(-c2ncc(Br)cn2)cc1)C(=O)OC(C)(C)C.CC(C)(C)OC(=O)N[C@@H](Cc1ccc(B2OC(C)(C)C(C)(C)O2)cc1)C(=O)OC(C)(C)C. The Kier molecular flexibility index (Phi) is 23.1. The lowest BCUT2D eigenvalue weighted by molar-refractivity contribution is -0.158. The second-order valence-electron chi connectivity index (χ2n) is 21.3. The van der Waals surface area contributed by atoms with E-state index in [2.05, 4.69) is 85.0 Å². The zero-order chi connectivity index (χ0) is 53.0. The molecule has 2 atom stereocenters. The number of nitrogens with zero attached hydrogens (tertiary/aromatic N) is 4. The van der Waals surface area contributed by atoms with Gasteiger partial charge >= 0.3 is 31.2 Å². The van der Waals surface area contributed by atoms with Gasteiger partial charge in [0.1, 0.15) is 34.5 Å². The summed E-state index contributed by atoms with van der Waals surface area (Å²) in [6.07, 6.45) is 5.98. The Hall–Kier alpha value is -4.25. The number of carbonyl (C=O) groups excluding carboxylic acids is 4. The molecule has 390 valence electrons. The zero-order valence-electron chi connectivity index (χ0n) is 43.1. The molecule has 2 aromatic heterocycles. The molecule has 2 amide bonds. The zero-order valence-corrected chi connectivity index (χ0v) is 48.4. The van der Waals surface area contributed by atoms with Crippen LogP contribution in [0.25, 0.3) is 11.4 Å². The molecule has 16 nitrogen and oxygen atoms in total. The first kappa shape index (κ1) is 62.9. The third-order valence-corrected chi connectivity index (χ3v) is 10.9. The number of rotatable bonds is 10. The van der Waals surface area contributed by atoms with E-state index >= 15 is 0 Å². The van der Waals surface area contributed by atoms with Gasteiger partial charge in [0.05, 0.1) is 20.1 Å². The summed E-state index contributed by atoms with van der Waals surface area (Å²) < 4.78 is 36.3. The predicted octanol–water partition coefficient (Wildman–Crippen LogP) is 10.9. The van der Waals surface area contributed by atoms with Gasteiger partial charge in [-0.2, -0.15) is 0 Å². The van der Waals surface area contributed by atoms with E-state index in [-0.39, 0.29) is 20.3 Å². The normalized spacial score (nSPS) is 14.9. The average molecular weight is 1230 g/mol. The Bertz CT molecular complexity index is 2310. The number of hydrogen-bond acceptors (Lipinski definition) is 14. The fraction of sp³-hybridized carbons (Fsp3) is 0.529. The van der Waals surface area contributed by atoms with Crippen molar-refractivity contribution in [3.63, 3.8) is 0 Å². The number of esters is 2. The van der Waals surface area contributed by atoms with Crippen LogP contribution < -0.4 is 16.1 Å². The standard InChI is InChI=1S/C24H38BNO6.C22H28BrN3O4.C4H2BrIN2.CH4/c1-21(2,3)29-19(27)18(26-20(28)30-22(4,5)6)15-16-11-13-17(14-12-16)25-31-23(7,8)24(9,10)32-25;1-21(2,3)29-19(27)17(26-20(28)30-22(4,5)6)11-14-7-9-15(10-8-14)18-24-12-16(23)13-25-18;5-3-1-7-4(6)8-2-3;/h11-14,18H,15H2,1-10H3,(H,26,28);7-10,12-13,17H,11H2,1-6H3,(H,26,28);1-2H;1H4/t18-;17-;;/m00../s1. The largest absolute Gasteiger partial charge is 0.494 e. The van der Waals surface area contributed by atoms with Gasteiger partial charge in [-0.1, -0.05) is 56.0 Å². The lowest BCUT2D eigenvalue weighted by Crippen LogP contribution is -2.47. The molecule has 20 heteroatoms. The Labute approximate surface area is 451 Å². The molecule has 0 saturated carbocycles. The minimum atomic E-state index is -0.883. The molecule has 71 heavy (non-hydrogen) atoms.